The molecule has 0 saturated heterocycles. The summed E-state index contributed by atoms with van der Waals surface area (Å²) < 4.78 is 0. The minimum atomic E-state index is 0.576. The van der Waals surface area contributed by atoms with Crippen LogP contribution in [0.4, 0.5) is 0 Å². The zero-order valence-electron chi connectivity index (χ0n) is 11.1. The van der Waals surface area contributed by atoms with Gasteiger partial charge in [0, 0.05) is 22.5 Å². The molecule has 0 aromatic heterocycles. The molecule has 0 saturated carbocycles. The van der Waals surface area contributed by atoms with E-state index in [0.29, 0.717) is 5.70 Å². The van der Waals surface area contributed by atoms with Gasteiger partial charge in [-0.05, 0) is 44.2 Å². The van der Waals surface area contributed by atoms with Gasteiger partial charge in [-0.25, -0.2) is 0 Å². The maximum absolute atomic E-state index is 8.22. The van der Waals surface area contributed by atoms with Crippen molar-refractivity contribution < 1.29 is 0 Å². The van der Waals surface area contributed by atoms with Gasteiger partial charge < -0.3 is 11.1 Å². The third-order valence-corrected chi connectivity index (χ3v) is 3.58. The number of benzene rings is 1. The smallest absolute Gasteiger partial charge is 0.0392 e. The SMILES string of the molecule is C=C(N)c1cccc(C)c1C1=C(C)CCCC1=N. The van der Waals surface area contributed by atoms with Crippen LogP contribution in [-0.4, -0.2) is 5.71 Å². The van der Waals surface area contributed by atoms with E-state index >= 15 is 0 Å². The number of nitrogens with one attached hydrogen (secondary N) is 1. The lowest BCUT2D eigenvalue weighted by atomic mass is 9.82. The topological polar surface area (TPSA) is 49.9 Å². The highest BCUT2D eigenvalue weighted by Crippen LogP contribution is 2.34. The molecule has 2 heteroatoms. The normalized spacial score (nSPS) is 16.0. The zero-order valence-corrected chi connectivity index (χ0v) is 11.1. The molecule has 0 unspecified atom stereocenters. The molecule has 1 aliphatic rings. The molecule has 94 valence electrons. The van der Waals surface area contributed by atoms with E-state index in [1.807, 2.05) is 12.1 Å². The van der Waals surface area contributed by atoms with Crippen LogP contribution in [0, 0.1) is 12.3 Å². The molecule has 1 aromatic carbocycles. The summed E-state index contributed by atoms with van der Waals surface area (Å²) in [6, 6.07) is 6.06. The van der Waals surface area contributed by atoms with Crippen LogP contribution in [0.15, 0.2) is 30.4 Å². The fraction of sp³-hybridized carbons (Fsp3) is 0.312. The van der Waals surface area contributed by atoms with Crippen molar-refractivity contribution in [2.45, 2.75) is 33.1 Å². The number of hydrogen-bond acceptors (Lipinski definition) is 2. The number of aryl methyl sites for hydroxylation is 1. The van der Waals surface area contributed by atoms with Crippen LogP contribution in [0.1, 0.15) is 42.9 Å². The predicted octanol–water partition coefficient (Wildman–Crippen LogP) is 3.90. The molecule has 1 aliphatic carbocycles. The molecule has 0 spiro atoms. The minimum absolute atomic E-state index is 0.576. The van der Waals surface area contributed by atoms with E-state index in [1.165, 1.54) is 11.1 Å². The second-order valence-corrected chi connectivity index (χ2v) is 5.01. The quantitative estimate of drug-likeness (QED) is 0.809. The molecule has 0 aliphatic heterocycles. The first-order chi connectivity index (χ1) is 8.52. The van der Waals surface area contributed by atoms with E-state index in [-0.39, 0.29) is 0 Å². The van der Waals surface area contributed by atoms with E-state index < -0.39 is 0 Å². The first-order valence-electron chi connectivity index (χ1n) is 6.34. The van der Waals surface area contributed by atoms with Gasteiger partial charge in [0.1, 0.15) is 0 Å². The summed E-state index contributed by atoms with van der Waals surface area (Å²) >= 11 is 0. The van der Waals surface area contributed by atoms with Gasteiger partial charge in [0.25, 0.3) is 0 Å². The summed E-state index contributed by atoms with van der Waals surface area (Å²) in [5.74, 6) is 0. The summed E-state index contributed by atoms with van der Waals surface area (Å²) in [4.78, 5) is 0. The Labute approximate surface area is 109 Å². The molecule has 0 heterocycles. The van der Waals surface area contributed by atoms with E-state index in [4.69, 9.17) is 11.1 Å². The minimum Gasteiger partial charge on any atom is -0.399 e. The second kappa shape index (κ2) is 4.81. The Balaban J connectivity index is 2.70. The van der Waals surface area contributed by atoms with Crippen LogP contribution >= 0.6 is 0 Å². The number of rotatable bonds is 2. The molecule has 0 fully saturated rings. The molecule has 2 nitrogen and oxygen atoms in total. The molecule has 0 amide bonds. The van der Waals surface area contributed by atoms with Gasteiger partial charge in [-0.3, -0.25) is 0 Å². The molecule has 2 rings (SSSR count). The highest BCUT2D eigenvalue weighted by Gasteiger charge is 2.20. The third kappa shape index (κ3) is 2.10. The lowest BCUT2D eigenvalue weighted by molar-refractivity contribution is 0.838. The first-order valence-corrected chi connectivity index (χ1v) is 6.34. The molecular weight excluding hydrogens is 220 g/mol. The third-order valence-electron chi connectivity index (χ3n) is 3.58. The summed E-state index contributed by atoms with van der Waals surface area (Å²) in [6.07, 6.45) is 3.01. The molecule has 18 heavy (non-hydrogen) atoms. The van der Waals surface area contributed by atoms with Gasteiger partial charge in [-0.15, -0.1) is 0 Å². The summed E-state index contributed by atoms with van der Waals surface area (Å²) in [7, 11) is 0. The maximum Gasteiger partial charge on any atom is 0.0392 e. The van der Waals surface area contributed by atoms with Gasteiger partial charge >= 0.3 is 0 Å². The van der Waals surface area contributed by atoms with Crippen LogP contribution < -0.4 is 5.73 Å². The van der Waals surface area contributed by atoms with E-state index in [1.54, 1.807) is 0 Å². The van der Waals surface area contributed by atoms with Crippen molar-refractivity contribution in [3.63, 3.8) is 0 Å². The molecule has 0 bridgehead atoms. The fourth-order valence-corrected chi connectivity index (χ4v) is 2.67. The Bertz CT molecular complexity index is 550. The lowest BCUT2D eigenvalue weighted by Crippen LogP contribution is -2.12. The fourth-order valence-electron chi connectivity index (χ4n) is 2.67. The van der Waals surface area contributed by atoms with Crippen molar-refractivity contribution in [2.75, 3.05) is 0 Å². The van der Waals surface area contributed by atoms with Crippen molar-refractivity contribution >= 4 is 17.0 Å². The Hall–Kier alpha value is -1.83. The summed E-state index contributed by atoms with van der Waals surface area (Å²) in [5.41, 5.74) is 12.8. The maximum atomic E-state index is 8.22. The molecule has 1 aromatic rings. The van der Waals surface area contributed by atoms with E-state index in [9.17, 15) is 0 Å². The standard InChI is InChI=1S/C16H20N2/c1-10-6-4-8-13(12(3)17)15(10)16-11(2)7-5-9-14(16)18/h4,6,8,18H,3,5,7,9,17H2,1-2H3. The van der Waals surface area contributed by atoms with Crippen molar-refractivity contribution in [3.05, 3.63) is 47.0 Å². The van der Waals surface area contributed by atoms with Crippen LogP contribution in [0.25, 0.3) is 11.3 Å². The van der Waals surface area contributed by atoms with E-state index in [2.05, 4.69) is 26.5 Å². The van der Waals surface area contributed by atoms with Gasteiger partial charge in [-0.2, -0.15) is 0 Å². The van der Waals surface area contributed by atoms with E-state index in [0.717, 1.165) is 41.7 Å². The van der Waals surface area contributed by atoms with Crippen molar-refractivity contribution in [1.82, 2.24) is 0 Å². The Morgan fingerprint density at radius 3 is 2.61 bits per heavy atom. The Morgan fingerprint density at radius 2 is 2.00 bits per heavy atom. The Kier molecular flexibility index (Phi) is 3.37. The monoisotopic (exact) mass is 240 g/mol. The van der Waals surface area contributed by atoms with Crippen LogP contribution in [0.2, 0.25) is 0 Å². The van der Waals surface area contributed by atoms with Crippen molar-refractivity contribution in [3.8, 4) is 0 Å². The lowest BCUT2D eigenvalue weighted by Gasteiger charge is -2.23. The number of hydrogen-bond donors (Lipinski definition) is 2. The number of nitrogens with two attached hydrogens (primary N) is 1. The summed E-state index contributed by atoms with van der Waals surface area (Å²) in [5, 5.41) is 8.22. The predicted molar refractivity (Wildman–Crippen MR) is 78.6 cm³/mol. The van der Waals surface area contributed by atoms with Crippen molar-refractivity contribution in [1.29, 1.82) is 5.41 Å². The van der Waals surface area contributed by atoms with Crippen LogP contribution in [0.3, 0.4) is 0 Å². The van der Waals surface area contributed by atoms with Crippen molar-refractivity contribution in [2.24, 2.45) is 5.73 Å². The van der Waals surface area contributed by atoms with Crippen LogP contribution in [-0.2, 0) is 0 Å². The molecular formula is C16H20N2. The largest absolute Gasteiger partial charge is 0.399 e. The van der Waals surface area contributed by atoms with Gasteiger partial charge in [0.2, 0.25) is 0 Å². The average molecular weight is 240 g/mol. The van der Waals surface area contributed by atoms with Gasteiger partial charge in [0.15, 0.2) is 0 Å². The Morgan fingerprint density at radius 1 is 1.28 bits per heavy atom. The molecule has 3 N–H and O–H groups in total. The second-order valence-electron chi connectivity index (χ2n) is 5.01. The average Bonchev–Trinajstić information content (AvgIpc) is 2.30. The highest BCUT2D eigenvalue weighted by atomic mass is 14.6. The van der Waals surface area contributed by atoms with Gasteiger partial charge in [-0.1, -0.05) is 30.4 Å². The summed E-state index contributed by atoms with van der Waals surface area (Å²) in [6.45, 7) is 8.05. The molecule has 0 radical (unpaired) electrons. The number of allylic oxidation sites excluding steroid dienone is 2. The zero-order chi connectivity index (χ0) is 13.3. The first kappa shape index (κ1) is 12.6. The van der Waals surface area contributed by atoms with Gasteiger partial charge in [0.05, 0.1) is 0 Å². The van der Waals surface area contributed by atoms with Crippen LogP contribution in [0.5, 0.6) is 0 Å². The highest BCUT2D eigenvalue weighted by molar-refractivity contribution is 6.25. The molecule has 0 atom stereocenters.